The lowest BCUT2D eigenvalue weighted by molar-refractivity contribution is -0.133. The summed E-state index contributed by atoms with van der Waals surface area (Å²) in [6.45, 7) is 4.67. The number of fused-ring (bicyclic) bond motifs is 1. The van der Waals surface area contributed by atoms with Gasteiger partial charge in [0, 0.05) is 29.1 Å². The number of rotatable bonds is 6. The fraction of sp³-hybridized carbons (Fsp3) is 0.348. The van der Waals surface area contributed by atoms with Crippen molar-refractivity contribution in [2.24, 2.45) is 11.3 Å². The molecule has 3 N–H and O–H groups in total. The minimum Gasteiger partial charge on any atom is -0.489 e. The molecule has 0 saturated heterocycles. The number of H-pyrrole nitrogens is 1. The van der Waals surface area contributed by atoms with Crippen LogP contribution in [0.4, 0.5) is 5.69 Å². The molecule has 1 amide bonds. The van der Waals surface area contributed by atoms with Crippen LogP contribution in [0, 0.1) is 18.3 Å². The number of aliphatic hydroxyl groups excluding tert-OH is 1. The number of aliphatic hydroxyl groups is 1. The molecule has 1 aliphatic rings. The highest BCUT2D eigenvalue weighted by molar-refractivity contribution is 6.04. The number of aromatic nitrogens is 1. The fourth-order valence-electron chi connectivity index (χ4n) is 3.95. The second-order valence-corrected chi connectivity index (χ2v) is 8.16. The number of ether oxygens (including phenoxy) is 1. The molecule has 1 fully saturated rings. The maximum absolute atomic E-state index is 12.7. The molecular weight excluding hydrogens is 352 g/mol. The van der Waals surface area contributed by atoms with Gasteiger partial charge in [0.2, 0.25) is 5.91 Å². The van der Waals surface area contributed by atoms with Gasteiger partial charge in [0.1, 0.15) is 12.4 Å². The number of anilines is 1. The van der Waals surface area contributed by atoms with E-state index in [0.717, 1.165) is 40.7 Å². The van der Waals surface area contributed by atoms with Gasteiger partial charge in [0.25, 0.3) is 0 Å². The number of carbonyl (C=O) groups is 1. The Bertz CT molecular complexity index is 985. The number of amides is 1. The Morgan fingerprint density at radius 3 is 2.71 bits per heavy atom. The molecular formula is C23H26N2O3. The van der Waals surface area contributed by atoms with Gasteiger partial charge in [-0.3, -0.25) is 4.79 Å². The number of hydrogen-bond donors (Lipinski definition) is 3. The van der Waals surface area contributed by atoms with E-state index < -0.39 is 5.41 Å². The molecule has 0 bridgehead atoms. The summed E-state index contributed by atoms with van der Waals surface area (Å²) in [5.41, 5.74) is 3.64. The van der Waals surface area contributed by atoms with Gasteiger partial charge in [-0.2, -0.15) is 0 Å². The molecule has 0 spiro atoms. The van der Waals surface area contributed by atoms with Crippen molar-refractivity contribution >= 4 is 22.5 Å². The van der Waals surface area contributed by atoms with Crippen LogP contribution in [0.3, 0.4) is 0 Å². The third kappa shape index (κ3) is 3.62. The van der Waals surface area contributed by atoms with E-state index in [0.29, 0.717) is 6.61 Å². The molecule has 146 valence electrons. The molecule has 1 heterocycles. The maximum Gasteiger partial charge on any atom is 0.230 e. The van der Waals surface area contributed by atoms with Crippen molar-refractivity contribution in [3.8, 4) is 5.75 Å². The van der Waals surface area contributed by atoms with Crippen LogP contribution < -0.4 is 10.1 Å². The van der Waals surface area contributed by atoms with Crippen LogP contribution in [-0.4, -0.2) is 22.6 Å². The Labute approximate surface area is 164 Å². The number of aryl methyl sites for hydroxylation is 1. The van der Waals surface area contributed by atoms with Crippen LogP contribution in [-0.2, 0) is 11.4 Å². The van der Waals surface area contributed by atoms with Gasteiger partial charge in [0.15, 0.2) is 0 Å². The normalized spacial score (nSPS) is 21.3. The smallest absolute Gasteiger partial charge is 0.230 e. The summed E-state index contributed by atoms with van der Waals surface area (Å²) < 4.78 is 5.94. The molecule has 1 saturated carbocycles. The maximum atomic E-state index is 12.7. The fourth-order valence-corrected chi connectivity index (χ4v) is 3.95. The van der Waals surface area contributed by atoms with Crippen LogP contribution in [0.2, 0.25) is 0 Å². The molecule has 5 nitrogen and oxygen atoms in total. The van der Waals surface area contributed by atoms with Gasteiger partial charge in [-0.25, -0.2) is 0 Å². The van der Waals surface area contributed by atoms with Crippen molar-refractivity contribution in [1.29, 1.82) is 0 Å². The average Bonchev–Trinajstić information content (AvgIpc) is 3.07. The Kier molecular flexibility index (Phi) is 4.85. The number of nitrogens with one attached hydrogen (secondary N) is 2. The average molecular weight is 378 g/mol. The molecule has 4 rings (SSSR count). The zero-order valence-electron chi connectivity index (χ0n) is 16.3. The van der Waals surface area contributed by atoms with Crippen LogP contribution in [0.5, 0.6) is 5.75 Å². The SMILES string of the molecule is Cc1ccc(COc2ccc3[nH]cc(NC(=O)C4(C)CC(CO)C4)c3c2)cc1. The van der Waals surface area contributed by atoms with E-state index in [1.54, 1.807) is 0 Å². The summed E-state index contributed by atoms with van der Waals surface area (Å²) in [4.78, 5) is 15.9. The number of carbonyl (C=O) groups excluding carboxylic acids is 1. The first kappa shape index (κ1) is 18.6. The van der Waals surface area contributed by atoms with E-state index in [2.05, 4.69) is 41.5 Å². The van der Waals surface area contributed by atoms with Crippen LogP contribution in [0.1, 0.15) is 30.9 Å². The number of benzene rings is 2. The van der Waals surface area contributed by atoms with E-state index in [9.17, 15) is 9.90 Å². The van der Waals surface area contributed by atoms with E-state index >= 15 is 0 Å². The van der Waals surface area contributed by atoms with Crippen molar-refractivity contribution in [1.82, 2.24) is 4.98 Å². The summed E-state index contributed by atoms with van der Waals surface area (Å²) in [7, 11) is 0. The minimum atomic E-state index is -0.406. The lowest BCUT2D eigenvalue weighted by atomic mass is 9.63. The first-order chi connectivity index (χ1) is 13.5. The molecule has 5 heteroatoms. The summed E-state index contributed by atoms with van der Waals surface area (Å²) in [5.74, 6) is 1.00. The minimum absolute atomic E-state index is 0.00377. The lowest BCUT2D eigenvalue weighted by Crippen LogP contribution is -2.45. The Morgan fingerprint density at radius 1 is 1.25 bits per heavy atom. The highest BCUT2D eigenvalue weighted by Crippen LogP contribution is 2.46. The molecule has 1 aromatic heterocycles. The quantitative estimate of drug-likeness (QED) is 0.595. The molecule has 0 aliphatic heterocycles. The Hall–Kier alpha value is -2.79. The number of aromatic amines is 1. The number of hydrogen-bond acceptors (Lipinski definition) is 3. The van der Waals surface area contributed by atoms with Crippen molar-refractivity contribution in [3.05, 3.63) is 59.8 Å². The second-order valence-electron chi connectivity index (χ2n) is 8.16. The third-order valence-corrected chi connectivity index (χ3v) is 5.71. The monoisotopic (exact) mass is 378 g/mol. The van der Waals surface area contributed by atoms with Gasteiger partial charge in [-0.05, 0) is 49.4 Å². The van der Waals surface area contributed by atoms with Crippen LogP contribution >= 0.6 is 0 Å². The van der Waals surface area contributed by atoms with Crippen molar-refractivity contribution in [2.75, 3.05) is 11.9 Å². The Morgan fingerprint density at radius 2 is 2.00 bits per heavy atom. The topological polar surface area (TPSA) is 74.3 Å². The third-order valence-electron chi connectivity index (χ3n) is 5.71. The lowest BCUT2D eigenvalue weighted by Gasteiger charge is -2.42. The van der Waals surface area contributed by atoms with Gasteiger partial charge in [-0.15, -0.1) is 0 Å². The van der Waals surface area contributed by atoms with E-state index in [1.165, 1.54) is 5.56 Å². The van der Waals surface area contributed by atoms with Gasteiger partial charge in [-0.1, -0.05) is 36.8 Å². The van der Waals surface area contributed by atoms with Gasteiger partial charge in [0.05, 0.1) is 5.69 Å². The molecule has 0 radical (unpaired) electrons. The first-order valence-electron chi connectivity index (χ1n) is 9.69. The molecule has 1 aliphatic carbocycles. The summed E-state index contributed by atoms with van der Waals surface area (Å²) in [6.07, 6.45) is 3.27. The van der Waals surface area contributed by atoms with Gasteiger partial charge >= 0.3 is 0 Å². The van der Waals surface area contributed by atoms with E-state index in [4.69, 9.17) is 4.74 Å². The van der Waals surface area contributed by atoms with Crippen LogP contribution in [0.25, 0.3) is 10.9 Å². The van der Waals surface area contributed by atoms with E-state index in [1.807, 2.05) is 31.3 Å². The zero-order chi connectivity index (χ0) is 19.7. The standard InChI is InChI=1S/C23H26N2O3/c1-15-3-5-16(6-4-15)14-28-18-7-8-20-19(9-18)21(12-24-20)25-22(27)23(2)10-17(11-23)13-26/h3-9,12,17,24,26H,10-11,13-14H2,1-2H3,(H,25,27). The summed E-state index contributed by atoms with van der Waals surface area (Å²) >= 11 is 0. The highest BCUT2D eigenvalue weighted by Gasteiger charge is 2.45. The second kappa shape index (κ2) is 7.32. The largest absolute Gasteiger partial charge is 0.489 e. The summed E-state index contributed by atoms with van der Waals surface area (Å²) in [5, 5.41) is 13.2. The molecule has 28 heavy (non-hydrogen) atoms. The predicted molar refractivity (Wildman–Crippen MR) is 110 cm³/mol. The van der Waals surface area contributed by atoms with E-state index in [-0.39, 0.29) is 18.4 Å². The molecule has 3 aromatic rings. The van der Waals surface area contributed by atoms with Crippen molar-refractivity contribution in [2.45, 2.75) is 33.3 Å². The molecule has 0 unspecified atom stereocenters. The Balaban J connectivity index is 1.47. The summed E-state index contributed by atoms with van der Waals surface area (Å²) in [6, 6.07) is 14.1. The van der Waals surface area contributed by atoms with Crippen molar-refractivity contribution in [3.63, 3.8) is 0 Å². The molecule has 0 atom stereocenters. The highest BCUT2D eigenvalue weighted by atomic mass is 16.5. The van der Waals surface area contributed by atoms with Crippen molar-refractivity contribution < 1.29 is 14.6 Å². The molecule has 2 aromatic carbocycles. The van der Waals surface area contributed by atoms with Gasteiger partial charge < -0.3 is 20.1 Å². The first-order valence-corrected chi connectivity index (χ1v) is 9.69. The zero-order valence-corrected chi connectivity index (χ0v) is 16.3. The predicted octanol–water partition coefficient (Wildman–Crippen LogP) is 4.40. The van der Waals surface area contributed by atoms with Crippen LogP contribution in [0.15, 0.2) is 48.7 Å².